The topological polar surface area (TPSA) is 115 Å². The van der Waals surface area contributed by atoms with Crippen LogP contribution in [0.2, 0.25) is 0 Å². The van der Waals surface area contributed by atoms with E-state index in [0.717, 1.165) is 89.7 Å². The molecule has 0 spiro atoms. The van der Waals surface area contributed by atoms with Crippen molar-refractivity contribution in [2.75, 3.05) is 0 Å². The van der Waals surface area contributed by atoms with Crippen LogP contribution >= 0.6 is 0 Å². The number of hydrogen-bond acceptors (Lipinski definition) is 4. The van der Waals surface area contributed by atoms with Crippen molar-refractivity contribution in [1.29, 1.82) is 0 Å². The van der Waals surface area contributed by atoms with Crippen molar-refractivity contribution >= 4 is 92.7 Å². The SMILES string of the molecule is C1=Cc2cc3ccc(cc4nc(cc5ccc(cc1n2)[nH]5)C=C4)[nH]3.C1=Cc2cc3ccc(cc4nc(cc5ccc(cc1n2)[nH]5)C=C4)[nH]3.[Fe].[Mo]. The maximum absolute atomic E-state index is 4.63. The Morgan fingerprint density at radius 2 is 0.400 bits per heavy atom. The molecule has 8 nitrogen and oxygen atoms in total. The molecule has 0 radical (unpaired) electrons. The summed E-state index contributed by atoms with van der Waals surface area (Å²) < 4.78 is 0. The second kappa shape index (κ2) is 14.1. The molecule has 0 saturated heterocycles. The van der Waals surface area contributed by atoms with Gasteiger partial charge in [0.25, 0.3) is 0 Å². The van der Waals surface area contributed by atoms with Crippen LogP contribution in [-0.2, 0) is 38.1 Å². The number of hydrogen-bond donors (Lipinski definition) is 4. The number of aromatic amines is 4. The monoisotopic (exact) mass is 774 g/mol. The molecule has 10 heterocycles. The first kappa shape index (κ1) is 32.9. The van der Waals surface area contributed by atoms with Crippen molar-refractivity contribution in [2.24, 2.45) is 0 Å². The van der Waals surface area contributed by atoms with E-state index in [1.807, 2.05) is 97.1 Å². The second-order valence-corrected chi connectivity index (χ2v) is 11.8. The van der Waals surface area contributed by atoms with Gasteiger partial charge in [0, 0.05) is 82.3 Å². The third-order valence-electron chi connectivity index (χ3n) is 8.08. The van der Waals surface area contributed by atoms with Crippen LogP contribution < -0.4 is 0 Å². The number of nitrogens with zero attached hydrogens (tertiary/aromatic N) is 4. The Labute approximate surface area is 311 Å². The Bertz CT molecular complexity index is 2170. The minimum atomic E-state index is 0. The van der Waals surface area contributed by atoms with Gasteiger partial charge in [-0.1, -0.05) is 0 Å². The van der Waals surface area contributed by atoms with E-state index in [-0.39, 0.29) is 38.1 Å². The molecule has 0 saturated carbocycles. The van der Waals surface area contributed by atoms with Gasteiger partial charge < -0.3 is 19.9 Å². The summed E-state index contributed by atoms with van der Waals surface area (Å²) in [4.78, 5) is 32.0. The minimum Gasteiger partial charge on any atom is -0.355 e. The van der Waals surface area contributed by atoms with Gasteiger partial charge in [-0.05, 0) is 146 Å². The summed E-state index contributed by atoms with van der Waals surface area (Å²) in [5, 5.41) is 0. The minimum absolute atomic E-state index is 0. The molecular weight excluding hydrogens is 744 g/mol. The van der Waals surface area contributed by atoms with Crippen molar-refractivity contribution in [3.05, 3.63) is 143 Å². The molecule has 16 bridgehead atoms. The summed E-state index contributed by atoms with van der Waals surface area (Å²) in [6.45, 7) is 0. The predicted octanol–water partition coefficient (Wildman–Crippen LogP) is 9.31. The molecule has 242 valence electrons. The van der Waals surface area contributed by atoms with Gasteiger partial charge in [-0.3, -0.25) is 0 Å². The van der Waals surface area contributed by atoms with E-state index < -0.39 is 0 Å². The third kappa shape index (κ3) is 7.51. The van der Waals surface area contributed by atoms with Gasteiger partial charge in [0.05, 0.1) is 45.6 Å². The van der Waals surface area contributed by atoms with Crippen molar-refractivity contribution in [3.8, 4) is 0 Å². The summed E-state index contributed by atoms with van der Waals surface area (Å²) >= 11 is 0. The van der Waals surface area contributed by atoms with Gasteiger partial charge >= 0.3 is 0 Å². The Kier molecular flexibility index (Phi) is 9.29. The molecule has 0 atom stereocenters. The fourth-order valence-electron chi connectivity index (χ4n) is 5.89. The van der Waals surface area contributed by atoms with Crippen molar-refractivity contribution in [2.45, 2.75) is 0 Å². The van der Waals surface area contributed by atoms with Crippen molar-refractivity contribution in [3.63, 3.8) is 0 Å². The van der Waals surface area contributed by atoms with Gasteiger partial charge in [-0.25, -0.2) is 19.9 Å². The summed E-state index contributed by atoms with van der Waals surface area (Å²) in [6.07, 6.45) is 16.2. The summed E-state index contributed by atoms with van der Waals surface area (Å²) in [6, 6.07) is 32.7. The first-order valence-electron chi connectivity index (χ1n) is 15.7. The number of nitrogens with one attached hydrogen (secondary N) is 4. The van der Waals surface area contributed by atoms with E-state index in [4.69, 9.17) is 0 Å². The maximum Gasteiger partial charge on any atom is 0.0658 e. The molecular formula is C40H28FeMoN8. The molecule has 10 heteroatoms. The van der Waals surface area contributed by atoms with Crippen LogP contribution in [-0.4, -0.2) is 39.9 Å². The molecule has 0 aliphatic carbocycles. The smallest absolute Gasteiger partial charge is 0.0658 e. The van der Waals surface area contributed by atoms with E-state index in [2.05, 4.69) is 88.4 Å². The van der Waals surface area contributed by atoms with E-state index in [1.54, 1.807) is 0 Å². The Morgan fingerprint density at radius 1 is 0.260 bits per heavy atom. The van der Waals surface area contributed by atoms with E-state index in [0.29, 0.717) is 0 Å². The second-order valence-electron chi connectivity index (χ2n) is 11.8. The number of fused-ring (bicyclic) bond motifs is 16. The molecule has 4 aliphatic heterocycles. The molecule has 10 rings (SSSR count). The molecule has 6 aromatic rings. The van der Waals surface area contributed by atoms with Crippen LogP contribution in [0.3, 0.4) is 0 Å². The number of H-pyrrole nitrogens is 4. The normalized spacial score (nSPS) is 12.2. The largest absolute Gasteiger partial charge is 0.355 e. The Morgan fingerprint density at radius 3 is 0.540 bits per heavy atom. The Balaban J connectivity index is 0.000000151. The molecule has 0 unspecified atom stereocenters. The molecule has 50 heavy (non-hydrogen) atoms. The van der Waals surface area contributed by atoms with E-state index in [9.17, 15) is 0 Å². The van der Waals surface area contributed by atoms with Crippen LogP contribution in [0.4, 0.5) is 0 Å². The van der Waals surface area contributed by atoms with Crippen LogP contribution in [0.5, 0.6) is 0 Å². The van der Waals surface area contributed by atoms with Gasteiger partial charge in [-0.15, -0.1) is 0 Å². The quantitative estimate of drug-likeness (QED) is 0.115. The van der Waals surface area contributed by atoms with Crippen LogP contribution in [0.15, 0.2) is 97.1 Å². The Hall–Kier alpha value is -5.59. The fourth-order valence-corrected chi connectivity index (χ4v) is 5.89. The molecule has 4 N–H and O–H groups in total. The summed E-state index contributed by atoms with van der Waals surface area (Å²) in [7, 11) is 0. The summed E-state index contributed by atoms with van der Waals surface area (Å²) in [5.41, 5.74) is 15.7. The predicted molar refractivity (Wildman–Crippen MR) is 198 cm³/mol. The number of rotatable bonds is 0. The van der Waals surface area contributed by atoms with Crippen LogP contribution in [0, 0.1) is 0 Å². The molecule has 4 aliphatic rings. The average Bonchev–Trinajstić information content (AvgIpc) is 3.91. The molecule has 0 amide bonds. The van der Waals surface area contributed by atoms with Crippen LogP contribution in [0.1, 0.15) is 45.6 Å². The van der Waals surface area contributed by atoms with Gasteiger partial charge in [0.1, 0.15) is 0 Å². The van der Waals surface area contributed by atoms with Gasteiger partial charge in [0.15, 0.2) is 0 Å². The van der Waals surface area contributed by atoms with Gasteiger partial charge in [-0.2, -0.15) is 0 Å². The first-order valence-corrected chi connectivity index (χ1v) is 15.7. The fraction of sp³-hybridized carbons (Fsp3) is 0. The standard InChI is InChI=1S/2C20H14N4.Fe.Mo/c2*1-2-14-10-16-5-6-18(23-16)12-20-8-7-19(24-20)11-17-4-3-15(22-17)9-13(1)21-14;;/h2*1-12,21,24H;;. The van der Waals surface area contributed by atoms with Crippen molar-refractivity contribution in [1.82, 2.24) is 39.9 Å². The zero-order valence-corrected chi connectivity index (χ0v) is 29.5. The molecule has 0 fully saturated rings. The van der Waals surface area contributed by atoms with Crippen molar-refractivity contribution < 1.29 is 38.1 Å². The molecule has 6 aromatic heterocycles. The van der Waals surface area contributed by atoms with E-state index >= 15 is 0 Å². The third-order valence-corrected chi connectivity index (χ3v) is 8.08. The van der Waals surface area contributed by atoms with E-state index in [1.165, 1.54) is 0 Å². The zero-order valence-electron chi connectivity index (χ0n) is 26.4. The summed E-state index contributed by atoms with van der Waals surface area (Å²) in [5.74, 6) is 0. The molecule has 0 aromatic carbocycles. The average molecular weight is 773 g/mol. The maximum atomic E-state index is 4.63. The zero-order chi connectivity index (χ0) is 31.9. The van der Waals surface area contributed by atoms with Crippen LogP contribution in [0.25, 0.3) is 92.7 Å². The van der Waals surface area contributed by atoms with Gasteiger partial charge in [0.2, 0.25) is 0 Å². The number of aromatic nitrogens is 8. The first-order chi connectivity index (χ1) is 23.6.